The molecule has 1 N–H and O–H groups in total. The molecule has 0 radical (unpaired) electrons. The number of likely N-dealkylation sites (tertiary alicyclic amines) is 1. The molecule has 2 aliphatic rings. The van der Waals surface area contributed by atoms with Crippen molar-refractivity contribution in [3.63, 3.8) is 0 Å². The maximum absolute atomic E-state index is 12.9. The van der Waals surface area contributed by atoms with Crippen molar-refractivity contribution >= 4 is 5.91 Å². The van der Waals surface area contributed by atoms with Crippen molar-refractivity contribution in [2.45, 2.75) is 90.2 Å². The minimum Gasteiger partial charge on any atom is -0.393 e. The zero-order valence-corrected chi connectivity index (χ0v) is 13.9. The topological polar surface area (TPSA) is 40.5 Å². The second-order valence-corrected chi connectivity index (χ2v) is 7.03. The molecule has 3 unspecified atom stereocenters. The molecule has 2 rings (SSSR count). The van der Waals surface area contributed by atoms with Gasteiger partial charge in [0.15, 0.2) is 0 Å². The summed E-state index contributed by atoms with van der Waals surface area (Å²) < 4.78 is 0. The van der Waals surface area contributed by atoms with Crippen LogP contribution < -0.4 is 0 Å². The number of hydrogen-bond acceptors (Lipinski definition) is 2. The lowest BCUT2D eigenvalue weighted by molar-refractivity contribution is -0.139. The number of aliphatic hydroxyl groups is 1. The molecule has 2 fully saturated rings. The summed E-state index contributed by atoms with van der Waals surface area (Å²) >= 11 is 0. The summed E-state index contributed by atoms with van der Waals surface area (Å²) in [5.41, 5.74) is 0. The van der Waals surface area contributed by atoms with E-state index in [9.17, 15) is 9.90 Å². The molecule has 0 aromatic rings. The number of carbonyl (C=O) groups excluding carboxylic acids is 1. The first-order valence-electron chi connectivity index (χ1n) is 9.17. The standard InChI is InChI=1S/C18H33NO2/c1-3-8-14(9-4-2)18(21)19-13-7-11-16(19)15-10-5-6-12-17(15)20/h14-17,20H,3-13H2,1-2H3. The SMILES string of the molecule is CCCC(CCC)C(=O)N1CCCC1C1CCCCC1O. The van der Waals surface area contributed by atoms with Gasteiger partial charge in [-0.2, -0.15) is 0 Å². The Hall–Kier alpha value is -0.570. The normalized spacial score (nSPS) is 30.1. The highest BCUT2D eigenvalue weighted by Gasteiger charge is 2.40. The van der Waals surface area contributed by atoms with E-state index < -0.39 is 0 Å². The molecule has 3 atom stereocenters. The van der Waals surface area contributed by atoms with Gasteiger partial charge < -0.3 is 10.0 Å². The number of carbonyl (C=O) groups is 1. The van der Waals surface area contributed by atoms with Crippen molar-refractivity contribution < 1.29 is 9.90 Å². The third kappa shape index (κ3) is 4.00. The fraction of sp³-hybridized carbons (Fsp3) is 0.944. The van der Waals surface area contributed by atoms with E-state index in [0.717, 1.165) is 64.3 Å². The van der Waals surface area contributed by atoms with Gasteiger partial charge in [-0.15, -0.1) is 0 Å². The average molecular weight is 295 g/mol. The van der Waals surface area contributed by atoms with Gasteiger partial charge in [-0.05, 0) is 38.5 Å². The van der Waals surface area contributed by atoms with Gasteiger partial charge in [-0.1, -0.05) is 39.5 Å². The molecule has 0 aromatic carbocycles. The van der Waals surface area contributed by atoms with Crippen LogP contribution in [0.3, 0.4) is 0 Å². The highest BCUT2D eigenvalue weighted by Crippen LogP contribution is 2.36. The molecule has 3 nitrogen and oxygen atoms in total. The van der Waals surface area contributed by atoms with Gasteiger partial charge in [0.2, 0.25) is 5.91 Å². The lowest BCUT2D eigenvalue weighted by atomic mass is 9.80. The maximum Gasteiger partial charge on any atom is 0.225 e. The lowest BCUT2D eigenvalue weighted by Gasteiger charge is -2.38. The maximum atomic E-state index is 12.9. The second-order valence-electron chi connectivity index (χ2n) is 7.03. The molecule has 1 aliphatic heterocycles. The highest BCUT2D eigenvalue weighted by atomic mass is 16.3. The first-order valence-corrected chi connectivity index (χ1v) is 9.17. The van der Waals surface area contributed by atoms with Gasteiger partial charge in [0.1, 0.15) is 0 Å². The Bertz CT molecular complexity index is 325. The zero-order chi connectivity index (χ0) is 15.2. The predicted octanol–water partition coefficient (Wildman–Crippen LogP) is 3.74. The Morgan fingerprint density at radius 2 is 1.76 bits per heavy atom. The molecular formula is C18H33NO2. The van der Waals surface area contributed by atoms with Crippen molar-refractivity contribution in [3.8, 4) is 0 Å². The lowest BCUT2D eigenvalue weighted by Crippen LogP contribution is -2.47. The van der Waals surface area contributed by atoms with E-state index in [2.05, 4.69) is 18.7 Å². The van der Waals surface area contributed by atoms with Gasteiger partial charge in [-0.25, -0.2) is 0 Å². The third-order valence-electron chi connectivity index (χ3n) is 5.48. The molecule has 0 spiro atoms. The van der Waals surface area contributed by atoms with Crippen molar-refractivity contribution in [1.82, 2.24) is 4.90 Å². The molecule has 1 saturated carbocycles. The summed E-state index contributed by atoms with van der Waals surface area (Å²) in [6, 6.07) is 0.309. The molecule has 0 bridgehead atoms. The number of hydrogen-bond donors (Lipinski definition) is 1. The molecular weight excluding hydrogens is 262 g/mol. The van der Waals surface area contributed by atoms with Crippen molar-refractivity contribution in [3.05, 3.63) is 0 Å². The van der Waals surface area contributed by atoms with Crippen LogP contribution in [-0.2, 0) is 4.79 Å². The van der Waals surface area contributed by atoms with Gasteiger partial charge in [-0.3, -0.25) is 4.79 Å². The van der Waals surface area contributed by atoms with Crippen molar-refractivity contribution in [1.29, 1.82) is 0 Å². The van der Waals surface area contributed by atoms with Crippen LogP contribution in [0.1, 0.15) is 78.1 Å². The molecule has 1 heterocycles. The summed E-state index contributed by atoms with van der Waals surface area (Å²) in [7, 11) is 0. The molecule has 21 heavy (non-hydrogen) atoms. The predicted molar refractivity (Wildman–Crippen MR) is 86.0 cm³/mol. The Morgan fingerprint density at radius 1 is 1.10 bits per heavy atom. The summed E-state index contributed by atoms with van der Waals surface area (Å²) in [6.07, 6.45) is 10.6. The van der Waals surface area contributed by atoms with E-state index in [-0.39, 0.29) is 12.0 Å². The van der Waals surface area contributed by atoms with Gasteiger partial charge in [0, 0.05) is 24.4 Å². The second kappa shape index (κ2) is 8.17. The minimum absolute atomic E-state index is 0.187. The molecule has 1 aliphatic carbocycles. The Morgan fingerprint density at radius 3 is 2.38 bits per heavy atom. The number of aliphatic hydroxyl groups excluding tert-OH is 1. The molecule has 1 amide bonds. The van der Waals surface area contributed by atoms with Gasteiger partial charge in [0.25, 0.3) is 0 Å². The van der Waals surface area contributed by atoms with Crippen LogP contribution in [0.15, 0.2) is 0 Å². The number of nitrogens with zero attached hydrogens (tertiary/aromatic N) is 1. The van der Waals surface area contributed by atoms with Crippen molar-refractivity contribution in [2.24, 2.45) is 11.8 Å². The largest absolute Gasteiger partial charge is 0.393 e. The van der Waals surface area contributed by atoms with E-state index in [1.807, 2.05) is 0 Å². The van der Waals surface area contributed by atoms with E-state index >= 15 is 0 Å². The smallest absolute Gasteiger partial charge is 0.225 e. The Kier molecular flexibility index (Phi) is 6.53. The van der Waals surface area contributed by atoms with Crippen LogP contribution in [0.2, 0.25) is 0 Å². The van der Waals surface area contributed by atoms with Gasteiger partial charge in [0.05, 0.1) is 6.10 Å². The first-order chi connectivity index (χ1) is 10.2. The van der Waals surface area contributed by atoms with Crippen LogP contribution in [-0.4, -0.2) is 34.6 Å². The van der Waals surface area contributed by atoms with E-state index in [1.165, 1.54) is 6.42 Å². The summed E-state index contributed by atoms with van der Waals surface area (Å²) in [6.45, 7) is 5.25. The van der Waals surface area contributed by atoms with E-state index in [4.69, 9.17) is 0 Å². The quantitative estimate of drug-likeness (QED) is 0.811. The third-order valence-corrected chi connectivity index (χ3v) is 5.48. The number of amides is 1. The zero-order valence-electron chi connectivity index (χ0n) is 13.9. The minimum atomic E-state index is -0.187. The average Bonchev–Trinajstić information content (AvgIpc) is 2.96. The van der Waals surface area contributed by atoms with Crippen LogP contribution >= 0.6 is 0 Å². The summed E-state index contributed by atoms with van der Waals surface area (Å²) in [5, 5.41) is 10.3. The van der Waals surface area contributed by atoms with Crippen LogP contribution in [0.5, 0.6) is 0 Å². The van der Waals surface area contributed by atoms with Crippen LogP contribution in [0, 0.1) is 11.8 Å². The van der Waals surface area contributed by atoms with Crippen molar-refractivity contribution in [2.75, 3.05) is 6.54 Å². The van der Waals surface area contributed by atoms with E-state index in [0.29, 0.717) is 17.9 Å². The molecule has 3 heteroatoms. The fourth-order valence-corrected chi connectivity index (χ4v) is 4.42. The Labute approximate surface area is 130 Å². The Balaban J connectivity index is 2.04. The molecule has 1 saturated heterocycles. The summed E-state index contributed by atoms with van der Waals surface area (Å²) in [4.78, 5) is 15.1. The van der Waals surface area contributed by atoms with Crippen LogP contribution in [0.4, 0.5) is 0 Å². The fourth-order valence-electron chi connectivity index (χ4n) is 4.42. The molecule has 122 valence electrons. The van der Waals surface area contributed by atoms with Crippen LogP contribution in [0.25, 0.3) is 0 Å². The first kappa shape index (κ1) is 16.8. The highest BCUT2D eigenvalue weighted by molar-refractivity contribution is 5.79. The number of rotatable bonds is 6. The van der Waals surface area contributed by atoms with E-state index in [1.54, 1.807) is 0 Å². The van der Waals surface area contributed by atoms with Gasteiger partial charge >= 0.3 is 0 Å². The monoisotopic (exact) mass is 295 g/mol. The summed E-state index contributed by atoms with van der Waals surface area (Å²) in [5.74, 6) is 0.911. The molecule has 0 aromatic heterocycles.